The maximum Gasteiger partial charge on any atom is 0.354 e. The normalized spacial score (nSPS) is 10.4. The maximum atomic E-state index is 10.8. The van der Waals surface area contributed by atoms with E-state index >= 15 is 0 Å². The fraction of sp³-hybridized carbons (Fsp3) is 0. The summed E-state index contributed by atoms with van der Waals surface area (Å²) in [4.78, 5) is 17.9. The second-order valence-corrected chi connectivity index (χ2v) is 3.59. The number of H-pyrrole nitrogens is 1. The molecule has 17 heavy (non-hydrogen) atoms. The molecule has 0 atom stereocenters. The number of pyridine rings is 1. The average molecular weight is 249 g/mol. The Bertz CT molecular complexity index is 706. The zero-order valence-electron chi connectivity index (χ0n) is 8.68. The van der Waals surface area contributed by atoms with Gasteiger partial charge in [-0.15, -0.1) is 12.4 Å². The predicted octanol–water partition coefficient (Wildman–Crippen LogP) is 2.84. The van der Waals surface area contributed by atoms with Crippen molar-refractivity contribution >= 4 is 40.2 Å². The minimum atomic E-state index is -1.01. The average Bonchev–Trinajstić information content (AvgIpc) is 2.66. The molecule has 0 saturated heterocycles. The third-order valence-corrected chi connectivity index (χ3v) is 2.61. The quantitative estimate of drug-likeness (QED) is 0.696. The van der Waals surface area contributed by atoms with Crippen LogP contribution in [0.25, 0.3) is 21.8 Å². The summed E-state index contributed by atoms with van der Waals surface area (Å²) in [7, 11) is 0. The second kappa shape index (κ2) is 4.07. The van der Waals surface area contributed by atoms with Crippen molar-refractivity contribution in [2.45, 2.75) is 0 Å². The molecule has 0 spiro atoms. The lowest BCUT2D eigenvalue weighted by Gasteiger charge is -1.93. The van der Waals surface area contributed by atoms with Crippen molar-refractivity contribution in [3.05, 3.63) is 42.2 Å². The van der Waals surface area contributed by atoms with E-state index in [0.29, 0.717) is 0 Å². The molecule has 3 aromatic rings. The molecule has 0 aliphatic heterocycles. The molecule has 0 bridgehead atoms. The molecule has 2 heterocycles. The zero-order valence-corrected chi connectivity index (χ0v) is 9.49. The number of aromatic carboxylic acids is 1. The Hall–Kier alpha value is -2.07. The van der Waals surface area contributed by atoms with Crippen LogP contribution in [-0.4, -0.2) is 21.0 Å². The van der Waals surface area contributed by atoms with Gasteiger partial charge in [-0.05, 0) is 12.1 Å². The van der Waals surface area contributed by atoms with Gasteiger partial charge in [0.25, 0.3) is 0 Å². The van der Waals surface area contributed by atoms with E-state index in [-0.39, 0.29) is 18.1 Å². The number of halogens is 1. The van der Waals surface area contributed by atoms with Gasteiger partial charge in [-0.3, -0.25) is 0 Å². The SMILES string of the molecule is Cl.O=C(O)c1cc2c(cn1)[nH]c1ccccc12. The molecule has 0 unspecified atom stereocenters. The van der Waals surface area contributed by atoms with Crippen molar-refractivity contribution in [3.8, 4) is 0 Å². The minimum absolute atomic E-state index is 0. The number of nitrogens with zero attached hydrogens (tertiary/aromatic N) is 1. The summed E-state index contributed by atoms with van der Waals surface area (Å²) in [5, 5.41) is 10.8. The van der Waals surface area contributed by atoms with Gasteiger partial charge in [0.05, 0.1) is 11.7 Å². The lowest BCUT2D eigenvalue weighted by atomic mass is 10.1. The Labute approximate surface area is 103 Å². The van der Waals surface area contributed by atoms with E-state index in [2.05, 4.69) is 9.97 Å². The Morgan fingerprint density at radius 2 is 1.94 bits per heavy atom. The smallest absolute Gasteiger partial charge is 0.354 e. The van der Waals surface area contributed by atoms with Crippen molar-refractivity contribution in [3.63, 3.8) is 0 Å². The predicted molar refractivity (Wildman–Crippen MR) is 67.8 cm³/mol. The van der Waals surface area contributed by atoms with Crippen LogP contribution in [0.15, 0.2) is 36.5 Å². The van der Waals surface area contributed by atoms with Crippen LogP contribution >= 0.6 is 12.4 Å². The van der Waals surface area contributed by atoms with Gasteiger partial charge in [-0.25, -0.2) is 9.78 Å². The second-order valence-electron chi connectivity index (χ2n) is 3.59. The molecule has 5 heteroatoms. The molecular formula is C12H9ClN2O2. The number of rotatable bonds is 1. The van der Waals surface area contributed by atoms with E-state index in [1.165, 1.54) is 0 Å². The largest absolute Gasteiger partial charge is 0.477 e. The van der Waals surface area contributed by atoms with Crippen LogP contribution in [0.2, 0.25) is 0 Å². The summed E-state index contributed by atoms with van der Waals surface area (Å²) >= 11 is 0. The molecule has 3 rings (SSSR count). The van der Waals surface area contributed by atoms with Gasteiger partial charge < -0.3 is 10.1 Å². The number of para-hydroxylation sites is 1. The molecule has 0 fully saturated rings. The summed E-state index contributed by atoms with van der Waals surface area (Å²) in [6.07, 6.45) is 1.55. The van der Waals surface area contributed by atoms with Crippen LogP contribution in [0.1, 0.15) is 10.5 Å². The highest BCUT2D eigenvalue weighted by molar-refractivity contribution is 6.08. The highest BCUT2D eigenvalue weighted by Gasteiger charge is 2.08. The maximum absolute atomic E-state index is 10.8. The monoisotopic (exact) mass is 248 g/mol. The molecule has 0 amide bonds. The first-order valence-corrected chi connectivity index (χ1v) is 4.85. The van der Waals surface area contributed by atoms with Gasteiger partial charge in [0.2, 0.25) is 0 Å². The number of carboxylic acid groups (broad SMARTS) is 1. The van der Waals surface area contributed by atoms with Crippen molar-refractivity contribution < 1.29 is 9.90 Å². The number of hydrogen-bond acceptors (Lipinski definition) is 2. The zero-order chi connectivity index (χ0) is 11.1. The topological polar surface area (TPSA) is 66.0 Å². The Morgan fingerprint density at radius 1 is 1.18 bits per heavy atom. The van der Waals surface area contributed by atoms with Crippen LogP contribution in [0.4, 0.5) is 0 Å². The number of nitrogens with one attached hydrogen (secondary N) is 1. The van der Waals surface area contributed by atoms with Crippen molar-refractivity contribution in [1.29, 1.82) is 0 Å². The van der Waals surface area contributed by atoms with Crippen molar-refractivity contribution in [1.82, 2.24) is 9.97 Å². The van der Waals surface area contributed by atoms with Gasteiger partial charge in [-0.1, -0.05) is 18.2 Å². The third kappa shape index (κ3) is 1.72. The summed E-state index contributed by atoms with van der Waals surface area (Å²) in [6.45, 7) is 0. The van der Waals surface area contributed by atoms with Gasteiger partial charge in [0.15, 0.2) is 0 Å². The number of aromatic amines is 1. The summed E-state index contributed by atoms with van der Waals surface area (Å²) in [5.74, 6) is -1.01. The molecule has 86 valence electrons. The van der Waals surface area contributed by atoms with Crippen molar-refractivity contribution in [2.75, 3.05) is 0 Å². The number of fused-ring (bicyclic) bond motifs is 3. The first-order valence-electron chi connectivity index (χ1n) is 4.85. The summed E-state index contributed by atoms with van der Waals surface area (Å²) in [6, 6.07) is 9.37. The van der Waals surface area contributed by atoms with E-state index in [1.54, 1.807) is 12.3 Å². The number of carboxylic acids is 1. The Balaban J connectivity index is 0.00000108. The van der Waals surface area contributed by atoms with Crippen LogP contribution in [0, 0.1) is 0 Å². The van der Waals surface area contributed by atoms with E-state index < -0.39 is 5.97 Å². The van der Waals surface area contributed by atoms with E-state index in [9.17, 15) is 4.79 Å². The van der Waals surface area contributed by atoms with Crippen LogP contribution in [0.3, 0.4) is 0 Å². The third-order valence-electron chi connectivity index (χ3n) is 2.61. The molecular weight excluding hydrogens is 240 g/mol. The number of aromatic nitrogens is 2. The summed E-state index contributed by atoms with van der Waals surface area (Å²) < 4.78 is 0. The van der Waals surface area contributed by atoms with E-state index in [4.69, 9.17) is 5.11 Å². The van der Waals surface area contributed by atoms with E-state index in [1.807, 2.05) is 24.3 Å². The number of hydrogen-bond donors (Lipinski definition) is 2. The molecule has 2 N–H and O–H groups in total. The van der Waals surface area contributed by atoms with Crippen LogP contribution in [-0.2, 0) is 0 Å². The van der Waals surface area contributed by atoms with Crippen molar-refractivity contribution in [2.24, 2.45) is 0 Å². The van der Waals surface area contributed by atoms with Gasteiger partial charge in [0.1, 0.15) is 5.69 Å². The molecule has 4 nitrogen and oxygen atoms in total. The van der Waals surface area contributed by atoms with E-state index in [0.717, 1.165) is 21.8 Å². The van der Waals surface area contributed by atoms with Gasteiger partial charge in [0, 0.05) is 16.3 Å². The highest BCUT2D eigenvalue weighted by Crippen LogP contribution is 2.24. The Morgan fingerprint density at radius 3 is 2.71 bits per heavy atom. The Kier molecular flexibility index (Phi) is 2.73. The molecule has 0 radical (unpaired) electrons. The lowest BCUT2D eigenvalue weighted by Crippen LogP contribution is -1.98. The molecule has 0 aliphatic carbocycles. The standard InChI is InChI=1S/C12H8N2O2.ClH/c15-12(16)10-5-8-7-3-1-2-4-9(7)14-11(8)6-13-10;/h1-6,14H,(H,15,16);1H. The first-order chi connectivity index (χ1) is 7.75. The van der Waals surface area contributed by atoms with Gasteiger partial charge >= 0.3 is 5.97 Å². The van der Waals surface area contributed by atoms with Crippen LogP contribution in [0.5, 0.6) is 0 Å². The minimum Gasteiger partial charge on any atom is -0.477 e. The fourth-order valence-corrected chi connectivity index (χ4v) is 1.87. The number of carbonyl (C=O) groups is 1. The summed E-state index contributed by atoms with van der Waals surface area (Å²) in [5.41, 5.74) is 1.91. The fourth-order valence-electron chi connectivity index (χ4n) is 1.87. The lowest BCUT2D eigenvalue weighted by molar-refractivity contribution is 0.0691. The van der Waals surface area contributed by atoms with Crippen LogP contribution < -0.4 is 0 Å². The molecule has 0 saturated carbocycles. The highest BCUT2D eigenvalue weighted by atomic mass is 35.5. The molecule has 0 aliphatic rings. The number of benzene rings is 1. The molecule has 2 aromatic heterocycles. The van der Waals surface area contributed by atoms with Gasteiger partial charge in [-0.2, -0.15) is 0 Å². The first kappa shape index (κ1) is 11.4. The molecule has 1 aromatic carbocycles.